The number of aryl methyl sites for hydroxylation is 1. The third-order valence-corrected chi connectivity index (χ3v) is 10.5. The molecule has 0 N–H and O–H groups in total. The summed E-state index contributed by atoms with van der Waals surface area (Å²) >= 11 is 1.21. The molecule has 5 heterocycles. The minimum absolute atomic E-state index is 0.0289. The lowest BCUT2D eigenvalue weighted by Gasteiger charge is -2.54. The van der Waals surface area contributed by atoms with Gasteiger partial charge in [-0.15, -0.1) is 0 Å². The molecular formula is C28H29F2N7O2S2. The monoisotopic (exact) mass is 597 g/mol. The van der Waals surface area contributed by atoms with Crippen LogP contribution in [0.2, 0.25) is 0 Å². The molecular weight excluding hydrogens is 568 g/mol. The van der Waals surface area contributed by atoms with Gasteiger partial charge in [0.25, 0.3) is 0 Å². The van der Waals surface area contributed by atoms with E-state index >= 15 is 4.39 Å². The van der Waals surface area contributed by atoms with E-state index in [0.717, 1.165) is 31.6 Å². The molecule has 6 rings (SSSR count). The number of anilines is 3. The summed E-state index contributed by atoms with van der Waals surface area (Å²) in [6.07, 6.45) is 5.25. The largest absolute Gasteiger partial charge is 0.369 e. The van der Waals surface area contributed by atoms with Crippen LogP contribution in [-0.2, 0) is 16.4 Å². The van der Waals surface area contributed by atoms with Gasteiger partial charge in [0.15, 0.2) is 16.6 Å². The van der Waals surface area contributed by atoms with Crippen molar-refractivity contribution in [3.8, 4) is 17.3 Å². The Morgan fingerprint density at radius 3 is 2.44 bits per heavy atom. The average Bonchev–Trinajstić information content (AvgIpc) is 3.53. The molecule has 0 radical (unpaired) electrons. The maximum atomic E-state index is 15.5. The lowest BCUT2D eigenvalue weighted by atomic mass is 9.72. The summed E-state index contributed by atoms with van der Waals surface area (Å²) in [5, 5.41) is 10.3. The number of pyridine rings is 1. The van der Waals surface area contributed by atoms with Crippen molar-refractivity contribution in [3.63, 3.8) is 0 Å². The number of aromatic nitrogens is 3. The Kier molecular flexibility index (Phi) is 6.75. The highest BCUT2D eigenvalue weighted by Gasteiger charge is 2.46. The number of piperidine rings is 1. The number of hydrogen-bond acceptors (Lipinski definition) is 8. The quantitative estimate of drug-likeness (QED) is 0.315. The molecule has 41 heavy (non-hydrogen) atoms. The standard InChI is InChI=1S/C28H29F2N7O2S2/c1-4-22-26(34(2)27-33-24(23(14-31)40-27)18-5-7-19(29)8-6-18)37-15-20(13-21(30)25(37)32-22)35-16-28(17-35)9-11-36(12-10-28)41(3,38)39/h5-8,13,15H,4,9-12,16-17H2,1-3H3. The normalized spacial score (nSPS) is 17.1. The number of nitriles is 1. The number of fused-ring (bicyclic) bond motifs is 1. The van der Waals surface area contributed by atoms with E-state index < -0.39 is 15.8 Å². The molecule has 2 fully saturated rings. The fourth-order valence-electron chi connectivity index (χ4n) is 5.87. The molecule has 214 valence electrons. The predicted molar refractivity (Wildman–Crippen MR) is 155 cm³/mol. The molecule has 0 bridgehead atoms. The Bertz CT molecular complexity index is 1780. The van der Waals surface area contributed by atoms with Crippen LogP contribution in [0, 0.1) is 28.4 Å². The van der Waals surface area contributed by atoms with Gasteiger partial charge in [-0.25, -0.2) is 31.5 Å². The smallest absolute Gasteiger partial charge is 0.211 e. The topological polar surface area (TPSA) is 97.8 Å². The van der Waals surface area contributed by atoms with E-state index in [2.05, 4.69) is 16.0 Å². The van der Waals surface area contributed by atoms with Crippen LogP contribution in [0.25, 0.3) is 16.9 Å². The van der Waals surface area contributed by atoms with Crippen molar-refractivity contribution < 1.29 is 17.2 Å². The zero-order valence-corrected chi connectivity index (χ0v) is 24.6. The maximum absolute atomic E-state index is 15.5. The van der Waals surface area contributed by atoms with Crippen LogP contribution in [0.3, 0.4) is 0 Å². The number of rotatable bonds is 6. The molecule has 0 unspecified atom stereocenters. The van der Waals surface area contributed by atoms with Crippen LogP contribution in [0.15, 0.2) is 36.5 Å². The fraction of sp³-hybridized carbons (Fsp3) is 0.393. The first kappa shape index (κ1) is 27.6. The third-order valence-electron chi connectivity index (χ3n) is 8.15. The molecule has 1 spiro atoms. The fourth-order valence-corrected chi connectivity index (χ4v) is 7.56. The van der Waals surface area contributed by atoms with Gasteiger partial charge in [0.05, 0.1) is 17.6 Å². The van der Waals surface area contributed by atoms with Crippen LogP contribution in [0.4, 0.5) is 25.4 Å². The highest BCUT2D eigenvalue weighted by Crippen LogP contribution is 2.44. The number of halogens is 2. The second kappa shape index (κ2) is 10.0. The number of thiazole rings is 1. The number of imidazole rings is 1. The summed E-state index contributed by atoms with van der Waals surface area (Å²) < 4.78 is 56.1. The lowest BCUT2D eigenvalue weighted by molar-refractivity contribution is 0.115. The van der Waals surface area contributed by atoms with Crippen molar-refractivity contribution >= 4 is 43.6 Å². The number of nitrogens with zero attached hydrogens (tertiary/aromatic N) is 7. The molecule has 0 saturated carbocycles. The summed E-state index contributed by atoms with van der Waals surface area (Å²) in [6, 6.07) is 9.54. The molecule has 2 saturated heterocycles. The van der Waals surface area contributed by atoms with Gasteiger partial charge in [-0.3, -0.25) is 4.40 Å². The van der Waals surface area contributed by atoms with Gasteiger partial charge in [-0.05, 0) is 43.5 Å². The number of sulfonamides is 1. The molecule has 0 amide bonds. The van der Waals surface area contributed by atoms with E-state index in [-0.39, 0.29) is 16.9 Å². The Morgan fingerprint density at radius 2 is 1.83 bits per heavy atom. The van der Waals surface area contributed by atoms with Crippen LogP contribution in [-0.4, -0.2) is 66.6 Å². The SMILES string of the molecule is CCc1nc2c(F)cc(N3CC4(CCN(S(C)(=O)=O)CC4)C3)cn2c1N(C)c1nc(-c2ccc(F)cc2)c(C#N)s1. The predicted octanol–water partition coefficient (Wildman–Crippen LogP) is 4.80. The van der Waals surface area contributed by atoms with Gasteiger partial charge < -0.3 is 9.80 Å². The van der Waals surface area contributed by atoms with Crippen molar-refractivity contribution in [3.05, 3.63) is 58.7 Å². The second-order valence-electron chi connectivity index (χ2n) is 10.8. The van der Waals surface area contributed by atoms with Crippen LogP contribution in [0.1, 0.15) is 30.3 Å². The van der Waals surface area contributed by atoms with Crippen molar-refractivity contribution in [2.75, 3.05) is 49.3 Å². The minimum atomic E-state index is -3.19. The average molecular weight is 598 g/mol. The minimum Gasteiger partial charge on any atom is -0.369 e. The van der Waals surface area contributed by atoms with Crippen LogP contribution >= 0.6 is 11.3 Å². The summed E-state index contributed by atoms with van der Waals surface area (Å²) in [5.74, 6) is -0.152. The highest BCUT2D eigenvalue weighted by molar-refractivity contribution is 7.88. The van der Waals surface area contributed by atoms with E-state index in [1.165, 1.54) is 40.1 Å². The zero-order chi connectivity index (χ0) is 29.1. The van der Waals surface area contributed by atoms with E-state index in [0.29, 0.717) is 52.3 Å². The van der Waals surface area contributed by atoms with Crippen LogP contribution in [0.5, 0.6) is 0 Å². The van der Waals surface area contributed by atoms with Crippen molar-refractivity contribution in [1.29, 1.82) is 5.26 Å². The Morgan fingerprint density at radius 1 is 1.15 bits per heavy atom. The molecule has 2 aliphatic heterocycles. The number of benzene rings is 1. The summed E-state index contributed by atoms with van der Waals surface area (Å²) in [4.78, 5) is 13.6. The number of hydrogen-bond donors (Lipinski definition) is 0. The Labute approximate surface area is 241 Å². The van der Waals surface area contributed by atoms with Crippen molar-refractivity contribution in [2.45, 2.75) is 26.2 Å². The lowest BCUT2D eigenvalue weighted by Crippen LogP contribution is -2.61. The molecule has 1 aromatic carbocycles. The molecule has 9 nitrogen and oxygen atoms in total. The van der Waals surface area contributed by atoms with Gasteiger partial charge in [-0.2, -0.15) is 5.26 Å². The molecule has 2 aliphatic rings. The van der Waals surface area contributed by atoms with E-state index in [9.17, 15) is 18.1 Å². The van der Waals surface area contributed by atoms with Crippen molar-refractivity contribution in [2.24, 2.45) is 5.41 Å². The first-order chi connectivity index (χ1) is 19.5. The van der Waals surface area contributed by atoms with Gasteiger partial charge in [0.2, 0.25) is 10.0 Å². The maximum Gasteiger partial charge on any atom is 0.211 e. The molecule has 13 heteroatoms. The van der Waals surface area contributed by atoms with Gasteiger partial charge in [-0.1, -0.05) is 18.3 Å². The molecule has 3 aromatic heterocycles. The highest BCUT2D eigenvalue weighted by atomic mass is 32.2. The summed E-state index contributed by atoms with van der Waals surface area (Å²) in [6.45, 7) is 4.43. The first-order valence-electron chi connectivity index (χ1n) is 13.3. The van der Waals surface area contributed by atoms with Crippen molar-refractivity contribution in [1.82, 2.24) is 18.7 Å². The van der Waals surface area contributed by atoms with Gasteiger partial charge in [0.1, 0.15) is 28.3 Å². The zero-order valence-electron chi connectivity index (χ0n) is 22.9. The second-order valence-corrected chi connectivity index (χ2v) is 13.8. The Hall–Kier alpha value is -3.60. The molecule has 4 aromatic rings. The van der Waals surface area contributed by atoms with Gasteiger partial charge >= 0.3 is 0 Å². The summed E-state index contributed by atoms with van der Waals surface area (Å²) in [7, 11) is -1.38. The van der Waals surface area contributed by atoms with E-state index in [4.69, 9.17) is 4.98 Å². The molecule has 0 aliphatic carbocycles. The van der Waals surface area contributed by atoms with E-state index in [1.807, 2.05) is 25.1 Å². The third kappa shape index (κ3) is 4.83. The Balaban J connectivity index is 1.32. The van der Waals surface area contributed by atoms with Crippen LogP contribution < -0.4 is 9.80 Å². The molecule has 0 atom stereocenters. The van der Waals surface area contributed by atoms with E-state index in [1.54, 1.807) is 16.5 Å². The van der Waals surface area contributed by atoms with Gasteiger partial charge in [0, 0.05) is 56.5 Å². The first-order valence-corrected chi connectivity index (χ1v) is 16.0. The summed E-state index contributed by atoms with van der Waals surface area (Å²) in [5.41, 5.74) is 2.75.